The first-order valence-corrected chi connectivity index (χ1v) is 7.93. The van der Waals surface area contributed by atoms with Gasteiger partial charge in [-0.05, 0) is 49.4 Å². The molecule has 0 aromatic heterocycles. The lowest BCUT2D eigenvalue weighted by molar-refractivity contribution is -0.150. The van der Waals surface area contributed by atoms with Gasteiger partial charge in [-0.2, -0.15) is 0 Å². The second kappa shape index (κ2) is 7.31. The predicted molar refractivity (Wildman–Crippen MR) is 87.3 cm³/mol. The Morgan fingerprint density at radius 3 is 2.46 bits per heavy atom. The minimum Gasteiger partial charge on any atom is -0.478 e. The van der Waals surface area contributed by atoms with E-state index in [-0.39, 0.29) is 17.1 Å². The Labute approximate surface area is 142 Å². The number of aromatic carboxylic acids is 1. The highest BCUT2D eigenvalue weighted by Gasteiger charge is 2.41. The minimum absolute atomic E-state index is 0.121. The van der Waals surface area contributed by atoms with E-state index in [1.807, 2.05) is 0 Å². The summed E-state index contributed by atoms with van der Waals surface area (Å²) >= 11 is 0.725. The highest BCUT2D eigenvalue weighted by Crippen LogP contribution is 2.33. The molecule has 126 valence electrons. The quantitative estimate of drug-likeness (QED) is 0.643. The first kappa shape index (κ1) is 17.7. The van der Waals surface area contributed by atoms with Crippen molar-refractivity contribution in [2.24, 2.45) is 0 Å². The van der Waals surface area contributed by atoms with Crippen LogP contribution in [0.1, 0.15) is 29.8 Å². The molecule has 0 aliphatic carbocycles. The van der Waals surface area contributed by atoms with Gasteiger partial charge in [0.1, 0.15) is 6.04 Å². The Balaban J connectivity index is 2.21. The number of carbonyl (C=O) groups is 4. The minimum atomic E-state index is -1.05. The van der Waals surface area contributed by atoms with Crippen LogP contribution in [-0.2, 0) is 14.3 Å². The van der Waals surface area contributed by atoms with Gasteiger partial charge in [0, 0.05) is 0 Å². The van der Waals surface area contributed by atoms with Gasteiger partial charge in [-0.15, -0.1) is 0 Å². The van der Waals surface area contributed by atoms with Crippen LogP contribution in [0.5, 0.6) is 0 Å². The van der Waals surface area contributed by atoms with Crippen molar-refractivity contribution in [1.82, 2.24) is 4.90 Å². The van der Waals surface area contributed by atoms with Gasteiger partial charge < -0.3 is 9.84 Å². The molecule has 1 aromatic rings. The van der Waals surface area contributed by atoms with E-state index < -0.39 is 29.1 Å². The zero-order valence-electron chi connectivity index (χ0n) is 13.0. The fourth-order valence-corrected chi connectivity index (χ4v) is 2.96. The van der Waals surface area contributed by atoms with E-state index in [9.17, 15) is 19.2 Å². The molecule has 2 amide bonds. The van der Waals surface area contributed by atoms with Crippen molar-refractivity contribution in [3.63, 3.8) is 0 Å². The number of hydrogen-bond donors (Lipinski definition) is 1. The first-order valence-electron chi connectivity index (χ1n) is 7.12. The molecule has 1 fully saturated rings. The summed E-state index contributed by atoms with van der Waals surface area (Å²) < 4.78 is 4.83. The predicted octanol–water partition coefficient (Wildman–Crippen LogP) is 2.37. The first-order chi connectivity index (χ1) is 11.3. The number of imide groups is 1. The summed E-state index contributed by atoms with van der Waals surface area (Å²) in [5, 5.41) is 8.31. The molecule has 1 heterocycles. The van der Waals surface area contributed by atoms with Crippen LogP contribution in [0.25, 0.3) is 6.08 Å². The third kappa shape index (κ3) is 3.65. The molecular formula is C16H15NO6S. The van der Waals surface area contributed by atoms with Crippen LogP contribution in [0, 0.1) is 0 Å². The second-order valence-electron chi connectivity index (χ2n) is 4.91. The Hall–Kier alpha value is -2.61. The van der Waals surface area contributed by atoms with Crippen molar-refractivity contribution in [3.8, 4) is 0 Å². The normalized spacial score (nSPS) is 17.2. The van der Waals surface area contributed by atoms with E-state index >= 15 is 0 Å². The van der Waals surface area contributed by atoms with E-state index in [4.69, 9.17) is 9.84 Å². The smallest absolute Gasteiger partial charge is 0.335 e. The molecule has 24 heavy (non-hydrogen) atoms. The third-order valence-corrected chi connectivity index (χ3v) is 4.18. The van der Waals surface area contributed by atoms with Crippen molar-refractivity contribution in [3.05, 3.63) is 40.3 Å². The topological polar surface area (TPSA) is 101 Å². The van der Waals surface area contributed by atoms with E-state index in [1.165, 1.54) is 37.3 Å². The molecule has 0 bridgehead atoms. The summed E-state index contributed by atoms with van der Waals surface area (Å²) in [6, 6.07) is 4.87. The molecule has 0 saturated carbocycles. The second-order valence-corrected chi connectivity index (χ2v) is 5.90. The van der Waals surface area contributed by atoms with Gasteiger partial charge in [0.25, 0.3) is 11.1 Å². The fraction of sp³-hybridized carbons (Fsp3) is 0.250. The summed E-state index contributed by atoms with van der Waals surface area (Å²) in [4.78, 5) is 48.0. The van der Waals surface area contributed by atoms with E-state index in [0.29, 0.717) is 5.56 Å². The molecule has 8 heteroatoms. The lowest BCUT2D eigenvalue weighted by Crippen LogP contribution is -2.42. The molecule has 1 atom stereocenters. The van der Waals surface area contributed by atoms with Gasteiger partial charge in [0.05, 0.1) is 17.1 Å². The number of hydrogen-bond acceptors (Lipinski definition) is 6. The number of carboxylic acid groups (broad SMARTS) is 1. The van der Waals surface area contributed by atoms with Gasteiger partial charge in [0.15, 0.2) is 0 Å². The number of nitrogens with zero attached hydrogens (tertiary/aromatic N) is 1. The van der Waals surface area contributed by atoms with E-state index in [1.54, 1.807) is 6.92 Å². The highest BCUT2D eigenvalue weighted by molar-refractivity contribution is 8.18. The monoisotopic (exact) mass is 349 g/mol. The van der Waals surface area contributed by atoms with E-state index in [2.05, 4.69) is 0 Å². The van der Waals surface area contributed by atoms with Crippen LogP contribution in [0.3, 0.4) is 0 Å². The van der Waals surface area contributed by atoms with Gasteiger partial charge in [-0.3, -0.25) is 14.5 Å². The van der Waals surface area contributed by atoms with Crippen LogP contribution in [0.4, 0.5) is 4.79 Å². The zero-order chi connectivity index (χ0) is 17.9. The number of carboxylic acids is 1. The summed E-state index contributed by atoms with van der Waals surface area (Å²) in [6.07, 6.45) is 1.48. The number of ether oxygens (including phenoxy) is 1. The lowest BCUT2D eigenvalue weighted by atomic mass is 10.1. The van der Waals surface area contributed by atoms with Gasteiger partial charge in [-0.1, -0.05) is 12.1 Å². The number of rotatable bonds is 5. The molecule has 0 radical (unpaired) electrons. The van der Waals surface area contributed by atoms with Crippen LogP contribution in [-0.4, -0.2) is 45.7 Å². The number of esters is 1. The number of amides is 2. The molecule has 1 aliphatic heterocycles. The summed E-state index contributed by atoms with van der Waals surface area (Å²) in [6.45, 7) is 3.23. The molecule has 2 rings (SSSR count). The van der Waals surface area contributed by atoms with Crippen molar-refractivity contribution in [1.29, 1.82) is 0 Å². The standard InChI is InChI=1S/C16H15NO6S/c1-3-23-15(21)9(2)17-13(18)12(24-16(17)22)8-10-4-6-11(7-5-10)14(19)20/h4-9H,3H2,1-2H3,(H,19,20)/b12-8+/t9-/m1/s1. The molecule has 0 spiro atoms. The Kier molecular flexibility index (Phi) is 5.40. The molecule has 1 aromatic carbocycles. The van der Waals surface area contributed by atoms with Gasteiger partial charge in [0.2, 0.25) is 0 Å². The van der Waals surface area contributed by atoms with Gasteiger partial charge in [-0.25, -0.2) is 9.59 Å². The highest BCUT2D eigenvalue weighted by atomic mass is 32.2. The van der Waals surface area contributed by atoms with Crippen molar-refractivity contribution >= 4 is 40.9 Å². The molecular weight excluding hydrogens is 334 g/mol. The van der Waals surface area contributed by atoms with Crippen LogP contribution < -0.4 is 0 Å². The molecule has 1 N–H and O–H groups in total. The molecule has 1 saturated heterocycles. The van der Waals surface area contributed by atoms with Crippen molar-refractivity contribution in [2.45, 2.75) is 19.9 Å². The Bertz CT molecular complexity index is 725. The van der Waals surface area contributed by atoms with Crippen molar-refractivity contribution < 1.29 is 29.0 Å². The molecule has 0 unspecified atom stereocenters. The fourth-order valence-electron chi connectivity index (χ4n) is 2.06. The number of benzene rings is 1. The van der Waals surface area contributed by atoms with E-state index in [0.717, 1.165) is 16.7 Å². The van der Waals surface area contributed by atoms with Crippen LogP contribution in [0.15, 0.2) is 29.2 Å². The summed E-state index contributed by atoms with van der Waals surface area (Å²) in [5.74, 6) is -2.27. The maximum Gasteiger partial charge on any atom is 0.335 e. The molecule has 7 nitrogen and oxygen atoms in total. The lowest BCUT2D eigenvalue weighted by Gasteiger charge is -2.19. The summed E-state index contributed by atoms with van der Waals surface area (Å²) in [7, 11) is 0. The Morgan fingerprint density at radius 2 is 1.92 bits per heavy atom. The maximum atomic E-state index is 12.4. The van der Waals surface area contributed by atoms with Crippen molar-refractivity contribution in [2.75, 3.05) is 6.61 Å². The maximum absolute atomic E-state index is 12.4. The largest absolute Gasteiger partial charge is 0.478 e. The average Bonchev–Trinajstić information content (AvgIpc) is 2.81. The average molecular weight is 349 g/mol. The van der Waals surface area contributed by atoms with Gasteiger partial charge >= 0.3 is 11.9 Å². The molecule has 1 aliphatic rings. The summed E-state index contributed by atoms with van der Waals surface area (Å²) in [5.41, 5.74) is 0.700. The number of thioether (sulfide) groups is 1. The van der Waals surface area contributed by atoms with Crippen LogP contribution in [0.2, 0.25) is 0 Å². The number of carbonyl (C=O) groups excluding carboxylic acids is 3. The van der Waals surface area contributed by atoms with Crippen LogP contribution >= 0.6 is 11.8 Å². The SMILES string of the molecule is CCOC(=O)[C@@H](C)N1C(=O)S/C(=C/c2ccc(C(=O)O)cc2)C1=O. The Morgan fingerprint density at radius 1 is 1.29 bits per heavy atom. The third-order valence-electron chi connectivity index (χ3n) is 3.29. The zero-order valence-corrected chi connectivity index (χ0v) is 13.8.